The van der Waals surface area contributed by atoms with E-state index in [1.165, 1.54) is 34.0 Å². The molecule has 7 nitrogen and oxygen atoms in total. The fraction of sp³-hybridized carbons (Fsp3) is 0.379. The van der Waals surface area contributed by atoms with Crippen LogP contribution >= 0.6 is 11.3 Å². The van der Waals surface area contributed by atoms with Crippen molar-refractivity contribution in [1.82, 2.24) is 9.80 Å². The number of ether oxygens (including phenoxy) is 3. The van der Waals surface area contributed by atoms with E-state index in [4.69, 9.17) is 14.2 Å². The molecule has 0 radical (unpaired) electrons. The van der Waals surface area contributed by atoms with E-state index >= 15 is 0 Å². The van der Waals surface area contributed by atoms with Gasteiger partial charge in [0, 0.05) is 36.2 Å². The van der Waals surface area contributed by atoms with Gasteiger partial charge in [-0.25, -0.2) is 4.39 Å². The highest BCUT2D eigenvalue weighted by Crippen LogP contribution is 2.34. The maximum atomic E-state index is 13.8. The molecule has 2 amide bonds. The summed E-state index contributed by atoms with van der Waals surface area (Å²) in [6.07, 6.45) is 2.39. The fourth-order valence-electron chi connectivity index (χ4n) is 5.02. The molecule has 0 bridgehead atoms. The van der Waals surface area contributed by atoms with Crippen molar-refractivity contribution in [2.75, 3.05) is 40.0 Å². The lowest BCUT2D eigenvalue weighted by Crippen LogP contribution is -2.49. The van der Waals surface area contributed by atoms with Crippen LogP contribution in [-0.4, -0.2) is 67.7 Å². The van der Waals surface area contributed by atoms with Gasteiger partial charge in [-0.3, -0.25) is 9.59 Å². The highest BCUT2D eigenvalue weighted by atomic mass is 32.1. The molecule has 9 heteroatoms. The summed E-state index contributed by atoms with van der Waals surface area (Å²) in [5.74, 6) is 0.466. The van der Waals surface area contributed by atoms with Gasteiger partial charge in [0.2, 0.25) is 5.91 Å². The Morgan fingerprint density at radius 2 is 1.97 bits per heavy atom. The number of amides is 2. The van der Waals surface area contributed by atoms with Crippen molar-refractivity contribution >= 4 is 23.2 Å². The zero-order valence-electron chi connectivity index (χ0n) is 21.3. The molecule has 2 aliphatic heterocycles. The van der Waals surface area contributed by atoms with Crippen molar-refractivity contribution in [2.45, 2.75) is 31.4 Å². The first-order valence-electron chi connectivity index (χ1n) is 12.8. The number of methoxy groups -OCH3 is 1. The third-order valence-corrected chi connectivity index (χ3v) is 8.01. The van der Waals surface area contributed by atoms with Crippen LogP contribution in [0.15, 0.2) is 60.0 Å². The summed E-state index contributed by atoms with van der Waals surface area (Å²) in [6, 6.07) is 14.6. The standard InChI is InChI=1S/C29H31FN2O5S/c1-35-22-4-2-5-23(16-22)37-19-26-25-12-15-38-27(25)11-13-32(26)28(33)18-31(17-24-6-3-14-36-24)29(34)20-7-9-21(30)10-8-20/h2,4-5,7-10,12,15-16,24,26H,3,6,11,13-14,17-19H2,1H3/t24-,26+/m1/s1. The molecular weight excluding hydrogens is 507 g/mol. The van der Waals surface area contributed by atoms with Crippen molar-refractivity contribution in [3.63, 3.8) is 0 Å². The Bertz CT molecular complexity index is 1260. The van der Waals surface area contributed by atoms with Gasteiger partial charge in [0.1, 0.15) is 30.5 Å². The van der Waals surface area contributed by atoms with Gasteiger partial charge < -0.3 is 24.0 Å². The molecule has 3 aromatic rings. The smallest absolute Gasteiger partial charge is 0.254 e. The van der Waals surface area contributed by atoms with Crippen LogP contribution in [-0.2, 0) is 16.0 Å². The number of hydrogen-bond donors (Lipinski definition) is 0. The van der Waals surface area contributed by atoms with Gasteiger partial charge in [-0.15, -0.1) is 11.3 Å². The number of fused-ring (bicyclic) bond motifs is 1. The molecule has 0 spiro atoms. The maximum absolute atomic E-state index is 13.8. The van der Waals surface area contributed by atoms with Crippen LogP contribution in [0.4, 0.5) is 4.39 Å². The van der Waals surface area contributed by atoms with Crippen LogP contribution in [0.25, 0.3) is 0 Å². The van der Waals surface area contributed by atoms with Crippen molar-refractivity contribution in [2.24, 2.45) is 0 Å². The molecule has 38 heavy (non-hydrogen) atoms. The van der Waals surface area contributed by atoms with E-state index in [-0.39, 0.29) is 37.1 Å². The lowest BCUT2D eigenvalue weighted by atomic mass is 10.00. The quantitative estimate of drug-likeness (QED) is 0.394. The van der Waals surface area contributed by atoms with Crippen LogP contribution in [0.1, 0.15) is 39.7 Å². The minimum absolute atomic E-state index is 0.0921. The minimum atomic E-state index is -0.415. The first-order chi connectivity index (χ1) is 18.5. The predicted octanol–water partition coefficient (Wildman–Crippen LogP) is 4.72. The third-order valence-electron chi connectivity index (χ3n) is 7.02. The van der Waals surface area contributed by atoms with Gasteiger partial charge in [0.15, 0.2) is 0 Å². The molecule has 200 valence electrons. The molecule has 0 saturated carbocycles. The molecule has 1 aromatic heterocycles. The number of hydrogen-bond acceptors (Lipinski definition) is 6. The molecule has 1 fully saturated rings. The van der Waals surface area contributed by atoms with Gasteiger partial charge in [-0.05, 0) is 72.7 Å². The van der Waals surface area contributed by atoms with Crippen molar-refractivity contribution in [3.05, 3.63) is 81.8 Å². The second kappa shape index (κ2) is 12.0. The van der Waals surface area contributed by atoms with E-state index in [1.54, 1.807) is 18.4 Å². The number of benzene rings is 2. The van der Waals surface area contributed by atoms with Gasteiger partial charge in [0.05, 0.1) is 19.3 Å². The number of halogens is 1. The number of nitrogens with zero attached hydrogens (tertiary/aromatic N) is 2. The summed E-state index contributed by atoms with van der Waals surface area (Å²) in [7, 11) is 1.61. The molecule has 0 unspecified atom stereocenters. The van der Waals surface area contributed by atoms with E-state index in [0.717, 1.165) is 24.8 Å². The summed E-state index contributed by atoms with van der Waals surface area (Å²) in [4.78, 5) is 31.8. The van der Waals surface area contributed by atoms with Crippen molar-refractivity contribution < 1.29 is 28.2 Å². The maximum Gasteiger partial charge on any atom is 0.254 e. The lowest BCUT2D eigenvalue weighted by Gasteiger charge is -2.37. The topological polar surface area (TPSA) is 68.3 Å². The van der Waals surface area contributed by atoms with E-state index in [1.807, 2.05) is 40.6 Å². The van der Waals surface area contributed by atoms with Crippen LogP contribution in [0.3, 0.4) is 0 Å². The number of carbonyl (C=O) groups excluding carboxylic acids is 2. The van der Waals surface area contributed by atoms with Crippen molar-refractivity contribution in [3.8, 4) is 11.5 Å². The fourth-order valence-corrected chi connectivity index (χ4v) is 5.95. The van der Waals surface area contributed by atoms with Gasteiger partial charge in [-0.2, -0.15) is 0 Å². The molecule has 0 aliphatic carbocycles. The summed E-state index contributed by atoms with van der Waals surface area (Å²) in [5, 5.41) is 2.04. The van der Waals surface area contributed by atoms with Crippen LogP contribution in [0, 0.1) is 5.82 Å². The first-order valence-corrected chi connectivity index (χ1v) is 13.7. The number of thiophene rings is 1. The summed E-state index contributed by atoms with van der Waals surface area (Å²) in [6.45, 7) is 1.68. The summed E-state index contributed by atoms with van der Waals surface area (Å²) >= 11 is 1.68. The van der Waals surface area contributed by atoms with E-state index < -0.39 is 5.82 Å². The average molecular weight is 539 g/mol. The Labute approximate surface area is 225 Å². The van der Waals surface area contributed by atoms with Gasteiger partial charge in [-0.1, -0.05) is 6.07 Å². The van der Waals surface area contributed by atoms with Crippen LogP contribution in [0.5, 0.6) is 11.5 Å². The van der Waals surface area contributed by atoms with E-state index in [2.05, 4.69) is 0 Å². The largest absolute Gasteiger partial charge is 0.497 e. The highest BCUT2D eigenvalue weighted by molar-refractivity contribution is 7.10. The molecule has 2 atom stereocenters. The normalized spacial score (nSPS) is 18.6. The Kier molecular flexibility index (Phi) is 8.24. The van der Waals surface area contributed by atoms with Crippen molar-refractivity contribution in [1.29, 1.82) is 0 Å². The summed E-state index contributed by atoms with van der Waals surface area (Å²) < 4.78 is 30.7. The Hall–Kier alpha value is -3.43. The predicted molar refractivity (Wildman–Crippen MR) is 142 cm³/mol. The lowest BCUT2D eigenvalue weighted by molar-refractivity contribution is -0.135. The zero-order chi connectivity index (χ0) is 26.5. The number of rotatable bonds is 9. The molecule has 0 N–H and O–H groups in total. The van der Waals surface area contributed by atoms with E-state index in [9.17, 15) is 14.0 Å². The Morgan fingerprint density at radius 1 is 1.16 bits per heavy atom. The second-order valence-electron chi connectivity index (χ2n) is 9.47. The monoisotopic (exact) mass is 538 g/mol. The molecular formula is C29H31FN2O5S. The van der Waals surface area contributed by atoms with Crippen LogP contribution < -0.4 is 9.47 Å². The Morgan fingerprint density at radius 3 is 2.74 bits per heavy atom. The van der Waals surface area contributed by atoms with E-state index in [0.29, 0.717) is 36.8 Å². The van der Waals surface area contributed by atoms with Gasteiger partial charge >= 0.3 is 0 Å². The molecule has 1 saturated heterocycles. The first kappa shape index (κ1) is 26.2. The SMILES string of the molecule is COc1cccc(OC[C@H]2c3ccsc3CCN2C(=O)CN(C[C@H]2CCCO2)C(=O)c2ccc(F)cc2)c1. The molecule has 2 aromatic carbocycles. The average Bonchev–Trinajstić information content (AvgIpc) is 3.64. The Balaban J connectivity index is 1.35. The number of carbonyl (C=O) groups is 2. The third kappa shape index (κ3) is 6.00. The summed E-state index contributed by atoms with van der Waals surface area (Å²) in [5.41, 5.74) is 1.42. The molecule has 5 rings (SSSR count). The minimum Gasteiger partial charge on any atom is -0.497 e. The molecule has 2 aliphatic rings. The highest BCUT2D eigenvalue weighted by Gasteiger charge is 2.34. The zero-order valence-corrected chi connectivity index (χ0v) is 22.1. The van der Waals surface area contributed by atoms with Crippen LogP contribution in [0.2, 0.25) is 0 Å². The van der Waals surface area contributed by atoms with Gasteiger partial charge in [0.25, 0.3) is 5.91 Å². The second-order valence-corrected chi connectivity index (χ2v) is 10.5. The molecule has 3 heterocycles.